The first kappa shape index (κ1) is 15.0. The van der Waals surface area contributed by atoms with Crippen LogP contribution in [0.5, 0.6) is 0 Å². The number of urea groups is 1. The lowest BCUT2D eigenvalue weighted by Gasteiger charge is -2.18. The summed E-state index contributed by atoms with van der Waals surface area (Å²) < 4.78 is 1.67. The van der Waals surface area contributed by atoms with Crippen LogP contribution in [0.2, 0.25) is 0 Å². The van der Waals surface area contributed by atoms with Gasteiger partial charge in [0.05, 0.1) is 5.69 Å². The zero-order valence-electron chi connectivity index (χ0n) is 11.6. The summed E-state index contributed by atoms with van der Waals surface area (Å²) in [4.78, 5) is 22.6. The standard InChI is InChI=1S/C12H20N4O3/c1-7(2)10(11(17)18)14-12(19)13-5-9-6-16(4)15-8(9)3/h6-7,10H,5H2,1-4H3,(H,17,18)(H2,13,14,19)/t10-/m1/s1. The number of carboxylic acids is 1. The predicted molar refractivity (Wildman–Crippen MR) is 69.6 cm³/mol. The van der Waals surface area contributed by atoms with Gasteiger partial charge >= 0.3 is 12.0 Å². The summed E-state index contributed by atoms with van der Waals surface area (Å²) in [6, 6.07) is -1.39. The van der Waals surface area contributed by atoms with Crippen LogP contribution in [-0.2, 0) is 18.4 Å². The number of amides is 2. The SMILES string of the molecule is Cc1nn(C)cc1CNC(=O)N[C@@H](C(=O)O)C(C)C. The molecule has 0 saturated heterocycles. The number of nitrogens with one attached hydrogen (secondary N) is 2. The average Bonchev–Trinajstić information content (AvgIpc) is 2.61. The number of nitrogens with zero attached hydrogens (tertiary/aromatic N) is 2. The molecule has 1 atom stereocenters. The molecular formula is C12H20N4O3. The summed E-state index contributed by atoms with van der Waals surface area (Å²) >= 11 is 0. The fraction of sp³-hybridized carbons (Fsp3) is 0.583. The summed E-state index contributed by atoms with van der Waals surface area (Å²) in [5.41, 5.74) is 1.73. The van der Waals surface area contributed by atoms with Crippen molar-refractivity contribution in [3.8, 4) is 0 Å². The Morgan fingerprint density at radius 3 is 2.53 bits per heavy atom. The van der Waals surface area contributed by atoms with E-state index in [1.54, 1.807) is 25.6 Å². The fourth-order valence-corrected chi connectivity index (χ4v) is 1.70. The number of aryl methyl sites for hydroxylation is 2. The summed E-state index contributed by atoms with van der Waals surface area (Å²) in [7, 11) is 1.80. The Hall–Kier alpha value is -2.05. The smallest absolute Gasteiger partial charge is 0.326 e. The van der Waals surface area contributed by atoms with Crippen LogP contribution in [0.1, 0.15) is 25.1 Å². The molecule has 0 bridgehead atoms. The Balaban J connectivity index is 2.52. The van der Waals surface area contributed by atoms with Crippen LogP contribution >= 0.6 is 0 Å². The van der Waals surface area contributed by atoms with Crippen LogP contribution in [0.25, 0.3) is 0 Å². The van der Waals surface area contributed by atoms with E-state index in [1.807, 2.05) is 13.1 Å². The lowest BCUT2D eigenvalue weighted by Crippen LogP contribution is -2.48. The van der Waals surface area contributed by atoms with Gasteiger partial charge in [-0.15, -0.1) is 0 Å². The molecule has 1 aromatic heterocycles. The molecule has 7 nitrogen and oxygen atoms in total. The van der Waals surface area contributed by atoms with Gasteiger partial charge in [-0.2, -0.15) is 5.10 Å². The molecule has 19 heavy (non-hydrogen) atoms. The van der Waals surface area contributed by atoms with Crippen LogP contribution in [0.3, 0.4) is 0 Å². The van der Waals surface area contributed by atoms with Gasteiger partial charge in [0.15, 0.2) is 0 Å². The molecule has 0 aliphatic carbocycles. The lowest BCUT2D eigenvalue weighted by atomic mass is 10.1. The highest BCUT2D eigenvalue weighted by molar-refractivity contribution is 5.82. The minimum Gasteiger partial charge on any atom is -0.480 e. The predicted octanol–water partition coefficient (Wildman–Crippen LogP) is 0.637. The quantitative estimate of drug-likeness (QED) is 0.730. The molecule has 106 valence electrons. The minimum atomic E-state index is -1.04. The Bertz CT molecular complexity index is 468. The molecule has 0 unspecified atom stereocenters. The number of carbonyl (C=O) groups excluding carboxylic acids is 1. The van der Waals surface area contributed by atoms with E-state index < -0.39 is 18.0 Å². The van der Waals surface area contributed by atoms with Crippen LogP contribution in [-0.4, -0.2) is 32.9 Å². The Morgan fingerprint density at radius 1 is 1.47 bits per heavy atom. The summed E-state index contributed by atoms with van der Waals surface area (Å²) in [6.45, 7) is 5.65. The maximum atomic E-state index is 11.6. The van der Waals surface area contributed by atoms with Crippen molar-refractivity contribution in [2.24, 2.45) is 13.0 Å². The zero-order valence-corrected chi connectivity index (χ0v) is 11.6. The van der Waals surface area contributed by atoms with E-state index in [-0.39, 0.29) is 5.92 Å². The number of aliphatic carboxylic acids is 1. The Kier molecular flexibility index (Phi) is 4.91. The molecule has 1 rings (SSSR count). The molecule has 0 aliphatic rings. The van der Waals surface area contributed by atoms with Crippen LogP contribution in [0, 0.1) is 12.8 Å². The first-order valence-corrected chi connectivity index (χ1v) is 6.07. The average molecular weight is 268 g/mol. The van der Waals surface area contributed by atoms with Crippen LogP contribution < -0.4 is 10.6 Å². The third-order valence-electron chi connectivity index (χ3n) is 2.77. The van der Waals surface area contributed by atoms with Gasteiger partial charge in [-0.25, -0.2) is 9.59 Å². The zero-order chi connectivity index (χ0) is 14.6. The topological polar surface area (TPSA) is 96.3 Å². The summed E-state index contributed by atoms with van der Waals surface area (Å²) in [5, 5.41) is 18.2. The molecule has 0 spiro atoms. The fourth-order valence-electron chi connectivity index (χ4n) is 1.70. The van der Waals surface area contributed by atoms with Crippen LogP contribution in [0.15, 0.2) is 6.20 Å². The second kappa shape index (κ2) is 6.21. The molecule has 0 fully saturated rings. The highest BCUT2D eigenvalue weighted by atomic mass is 16.4. The van der Waals surface area contributed by atoms with Crippen molar-refractivity contribution in [1.29, 1.82) is 0 Å². The number of hydrogen-bond donors (Lipinski definition) is 3. The van der Waals surface area contributed by atoms with Crippen molar-refractivity contribution in [3.63, 3.8) is 0 Å². The number of rotatable bonds is 5. The van der Waals surface area contributed by atoms with Gasteiger partial charge in [0.25, 0.3) is 0 Å². The second-order valence-corrected chi connectivity index (χ2v) is 4.80. The maximum absolute atomic E-state index is 11.6. The van der Waals surface area contributed by atoms with Gasteiger partial charge in [-0.05, 0) is 12.8 Å². The molecule has 2 amide bonds. The van der Waals surface area contributed by atoms with E-state index in [2.05, 4.69) is 15.7 Å². The van der Waals surface area contributed by atoms with Gasteiger partial charge in [0, 0.05) is 25.4 Å². The normalized spacial score (nSPS) is 12.3. The first-order valence-electron chi connectivity index (χ1n) is 6.07. The van der Waals surface area contributed by atoms with Gasteiger partial charge in [-0.1, -0.05) is 13.8 Å². The second-order valence-electron chi connectivity index (χ2n) is 4.80. The van der Waals surface area contributed by atoms with E-state index in [1.165, 1.54) is 0 Å². The Labute approximate surface area is 112 Å². The van der Waals surface area contributed by atoms with Gasteiger partial charge < -0.3 is 15.7 Å². The third-order valence-corrected chi connectivity index (χ3v) is 2.77. The van der Waals surface area contributed by atoms with Crippen molar-refractivity contribution in [1.82, 2.24) is 20.4 Å². The van der Waals surface area contributed by atoms with Gasteiger partial charge in [0.2, 0.25) is 0 Å². The van der Waals surface area contributed by atoms with Crippen molar-refractivity contribution in [2.75, 3.05) is 0 Å². The highest BCUT2D eigenvalue weighted by Crippen LogP contribution is 2.04. The van der Waals surface area contributed by atoms with Gasteiger partial charge in [-0.3, -0.25) is 4.68 Å². The molecule has 7 heteroatoms. The van der Waals surface area contributed by atoms with E-state index in [0.29, 0.717) is 6.54 Å². The van der Waals surface area contributed by atoms with E-state index in [9.17, 15) is 9.59 Å². The number of carbonyl (C=O) groups is 2. The highest BCUT2D eigenvalue weighted by Gasteiger charge is 2.23. The molecular weight excluding hydrogens is 248 g/mol. The van der Waals surface area contributed by atoms with E-state index in [4.69, 9.17) is 5.11 Å². The summed E-state index contributed by atoms with van der Waals surface area (Å²) in [5.74, 6) is -1.22. The Morgan fingerprint density at radius 2 is 2.11 bits per heavy atom. The molecule has 0 saturated carbocycles. The van der Waals surface area contributed by atoms with Crippen molar-refractivity contribution >= 4 is 12.0 Å². The van der Waals surface area contributed by atoms with Crippen molar-refractivity contribution in [2.45, 2.75) is 33.4 Å². The minimum absolute atomic E-state index is 0.177. The molecule has 0 radical (unpaired) electrons. The monoisotopic (exact) mass is 268 g/mol. The van der Waals surface area contributed by atoms with Crippen molar-refractivity contribution < 1.29 is 14.7 Å². The van der Waals surface area contributed by atoms with Crippen molar-refractivity contribution in [3.05, 3.63) is 17.5 Å². The van der Waals surface area contributed by atoms with E-state index >= 15 is 0 Å². The van der Waals surface area contributed by atoms with E-state index in [0.717, 1.165) is 11.3 Å². The molecule has 3 N–H and O–H groups in total. The molecule has 1 aromatic rings. The molecule has 0 aromatic carbocycles. The first-order chi connectivity index (χ1) is 8.81. The third kappa shape index (κ3) is 4.27. The van der Waals surface area contributed by atoms with Gasteiger partial charge in [0.1, 0.15) is 6.04 Å². The number of carboxylic acid groups (broad SMARTS) is 1. The van der Waals surface area contributed by atoms with Crippen LogP contribution in [0.4, 0.5) is 4.79 Å². The lowest BCUT2D eigenvalue weighted by molar-refractivity contribution is -0.140. The maximum Gasteiger partial charge on any atom is 0.326 e. The number of aromatic nitrogens is 2. The number of hydrogen-bond acceptors (Lipinski definition) is 3. The molecule has 0 aliphatic heterocycles. The summed E-state index contributed by atoms with van der Waals surface area (Å²) in [6.07, 6.45) is 1.81. The largest absolute Gasteiger partial charge is 0.480 e. The molecule has 1 heterocycles.